The van der Waals surface area contributed by atoms with E-state index < -0.39 is 120 Å². The van der Waals surface area contributed by atoms with E-state index in [1.807, 2.05) is 0 Å². The lowest BCUT2D eigenvalue weighted by molar-refractivity contribution is 0.0946. The van der Waals surface area contributed by atoms with E-state index in [0.29, 0.717) is 0 Å². The van der Waals surface area contributed by atoms with E-state index in [0.717, 1.165) is 0 Å². The summed E-state index contributed by atoms with van der Waals surface area (Å²) in [6, 6.07) is -4.00. The quantitative estimate of drug-likeness (QED) is 0.742. The van der Waals surface area contributed by atoms with Gasteiger partial charge in [-0.25, -0.2) is 4.98 Å². The number of likely N-dealkylation sites (tertiary alicyclic amines) is 1. The van der Waals surface area contributed by atoms with Crippen molar-refractivity contribution in [3.63, 3.8) is 0 Å². The van der Waals surface area contributed by atoms with E-state index in [1.54, 1.807) is 0 Å². The van der Waals surface area contributed by atoms with Crippen molar-refractivity contribution in [1.82, 2.24) is 19.8 Å². The van der Waals surface area contributed by atoms with Crippen molar-refractivity contribution in [3.05, 3.63) is 21.4 Å². The number of fused-ring (bicyclic) bond motifs is 1. The Balaban J connectivity index is 2.29. The highest BCUT2D eigenvalue weighted by atomic mass is 32.1. The monoisotopic (exact) mass is 402 g/mol. The van der Waals surface area contributed by atoms with Crippen molar-refractivity contribution in [2.24, 2.45) is 0 Å². The van der Waals surface area contributed by atoms with Crippen molar-refractivity contribution in [2.45, 2.75) is 45.3 Å². The Morgan fingerprint density at radius 1 is 1.65 bits per heavy atom. The van der Waals surface area contributed by atoms with Crippen LogP contribution in [0.2, 0.25) is 1.41 Å². The highest BCUT2D eigenvalue weighted by molar-refractivity contribution is 7.17. The largest absolute Gasteiger partial charge is 0.505 e. The molecule has 26 heavy (non-hydrogen) atoms. The standard InChI is InChI=1S/C18H26N4O3S/c1-12(2)22-16-15(26-11-20-16)14(23)13(18(22)25)17(24)19-7-6-10-21-8-4-3-5-9-21/h11-12,23H,3-10H2,1-2H3,(H,19,24)/i1D3,2D3,3D2,4D2,5D2,7D2,8D2,9D2,10D2,11D,12D/hD2. The Morgan fingerprint density at radius 2 is 2.46 bits per heavy atom. The number of nitrogens with zero attached hydrogens (tertiary/aromatic N) is 3. The van der Waals surface area contributed by atoms with E-state index in [2.05, 4.69) is 10.1 Å². The first-order valence-electron chi connectivity index (χ1n) is 18.6. The van der Waals surface area contributed by atoms with Crippen molar-refractivity contribution in [1.29, 1.82) is 1.43 Å². The molecule has 2 aromatic heterocycles. The number of piperidine rings is 1. The van der Waals surface area contributed by atoms with Crippen molar-refractivity contribution < 1.29 is 41.5 Å². The number of rotatable bonds is 7. The average molecular weight is 403 g/mol. The van der Waals surface area contributed by atoms with E-state index in [9.17, 15) is 9.59 Å². The molecule has 2 N–H and O–H groups in total. The molecule has 0 saturated carbocycles. The Morgan fingerprint density at radius 3 is 3.19 bits per heavy atom. The average Bonchev–Trinajstić information content (AvgIpc) is 3.28. The summed E-state index contributed by atoms with van der Waals surface area (Å²) in [5, 5.41) is 3.47. The van der Waals surface area contributed by atoms with Crippen LogP contribution in [0.5, 0.6) is 5.75 Å². The fourth-order valence-electron chi connectivity index (χ4n) is 1.91. The molecule has 3 rings (SSSR count). The Bertz CT molecular complexity index is 1700. The molecular formula is C18H26N4O3S. The highest BCUT2D eigenvalue weighted by Gasteiger charge is 2.24. The second kappa shape index (κ2) is 8.18. The summed E-state index contributed by atoms with van der Waals surface area (Å²) < 4.78 is 191. The zero-order valence-electron chi connectivity index (χ0n) is 36.6. The van der Waals surface area contributed by atoms with Gasteiger partial charge in [-0.3, -0.25) is 14.2 Å². The number of thiazole rings is 1. The molecule has 8 heteroatoms. The first-order valence-corrected chi connectivity index (χ1v) is 7.53. The molecule has 1 saturated heterocycles. The van der Waals surface area contributed by atoms with E-state index in [-0.39, 0.29) is 15.9 Å². The van der Waals surface area contributed by atoms with Crippen LogP contribution in [0, 0.1) is 0 Å². The number of nitrogens with one attached hydrogen (secondary N) is 1. The van der Waals surface area contributed by atoms with E-state index >= 15 is 0 Å². The second-order valence-corrected chi connectivity index (χ2v) is 5.29. The minimum atomic E-state index is -4.12. The predicted octanol–water partition coefficient (Wildman–Crippen LogP) is 2.35. The van der Waals surface area contributed by atoms with Gasteiger partial charge in [-0.05, 0) is 52.4 Å². The molecule has 3 heterocycles. The highest BCUT2D eigenvalue weighted by Crippen LogP contribution is 2.30. The molecule has 0 spiro atoms. The SMILES string of the molecule is [2H]Oc1c(C(=O)N([2H])C([2H])([2H])CC([2H])([2H])N2C([2H])([2H])C([2H])([2H])C([2H])([2H])C([2H])([2H])C2([2H])[2H])c(=O)n(C([2H])(C([2H])([2H])[2H])C([2H])([2H])[2H])c2nc([2H])sc12. The van der Waals surface area contributed by atoms with E-state index in [1.165, 1.54) is 0 Å². The van der Waals surface area contributed by atoms with Gasteiger partial charge in [0.2, 0.25) is 0 Å². The molecule has 2 aromatic rings. The molecule has 0 radical (unpaired) electrons. The van der Waals surface area contributed by atoms with Gasteiger partial charge in [0.15, 0.2) is 12.8 Å². The molecule has 1 fully saturated rings. The smallest absolute Gasteiger partial charge is 0.293 e. The van der Waals surface area contributed by atoms with Crippen LogP contribution < -0.4 is 10.9 Å². The maximum Gasteiger partial charge on any atom is 0.293 e. The Labute approximate surface area is 190 Å². The fourth-order valence-corrected chi connectivity index (χ4v) is 2.56. The third kappa shape index (κ3) is 3.76. The van der Waals surface area contributed by atoms with Crippen LogP contribution >= 0.6 is 11.3 Å². The van der Waals surface area contributed by atoms with E-state index in [4.69, 9.17) is 33.0 Å². The number of amides is 1. The number of pyridine rings is 1. The third-order valence-corrected chi connectivity index (χ3v) is 3.71. The van der Waals surface area contributed by atoms with Gasteiger partial charge in [-0.2, -0.15) is 0 Å². The topological polar surface area (TPSA) is 87.5 Å². The summed E-state index contributed by atoms with van der Waals surface area (Å²) in [7, 11) is 0. The Hall–Kier alpha value is -1.93. The van der Waals surface area contributed by atoms with Crippen molar-refractivity contribution >= 4 is 27.6 Å². The third-order valence-electron chi connectivity index (χ3n) is 2.96. The summed E-state index contributed by atoms with van der Waals surface area (Å²) in [6.45, 7) is -24.0. The second-order valence-electron chi connectivity index (χ2n) is 4.50. The number of aromatic hydroxyl groups is 1. The molecule has 142 valence electrons. The number of hydrogen-bond donors (Lipinski definition) is 2. The number of hydrogen-bond acceptors (Lipinski definition) is 6. The minimum Gasteiger partial charge on any atom is -0.505 e. The molecule has 7 nitrogen and oxygen atoms in total. The van der Waals surface area contributed by atoms with Crippen LogP contribution in [0.15, 0.2) is 10.3 Å². The number of carbonyl (C=O) groups is 1. The van der Waals surface area contributed by atoms with Gasteiger partial charge in [0.05, 0.1) is 8.23 Å². The van der Waals surface area contributed by atoms with Gasteiger partial charge in [0.25, 0.3) is 12.9 Å². The molecule has 1 aliphatic rings. The first kappa shape index (κ1) is 5.11. The van der Waals surface area contributed by atoms with Gasteiger partial charge in [0.1, 0.15) is 10.3 Å². The van der Waals surface area contributed by atoms with Gasteiger partial charge >= 0.3 is 0 Å². The molecule has 0 aromatic carbocycles. The molecule has 1 amide bonds. The summed E-state index contributed by atoms with van der Waals surface area (Å²) in [4.78, 5) is 30.3. The zero-order chi connectivity index (χ0) is 39.6. The minimum absolute atomic E-state index is 0.165. The van der Waals surface area contributed by atoms with Crippen LogP contribution in [0.25, 0.3) is 10.3 Å². The molecule has 0 bridgehead atoms. The van der Waals surface area contributed by atoms with Gasteiger partial charge in [-0.15, -0.1) is 11.3 Å². The maximum absolute atomic E-state index is 13.8. The van der Waals surface area contributed by atoms with Gasteiger partial charge in [-0.1, -0.05) is 6.37 Å². The maximum atomic E-state index is 13.8. The number of aromatic nitrogens is 2. The normalized spacial score (nSPS) is 41.2. The first-order chi connectivity index (χ1) is 21.9. The lowest BCUT2D eigenvalue weighted by Gasteiger charge is -2.26. The van der Waals surface area contributed by atoms with Crippen LogP contribution in [-0.4, -0.2) is 52.9 Å². The van der Waals surface area contributed by atoms with Crippen LogP contribution in [-0.2, 0) is 0 Å². The fraction of sp³-hybridized carbons (Fsp3) is 0.611. The molecule has 0 unspecified atom stereocenters. The summed E-state index contributed by atoms with van der Waals surface area (Å²) >= 11 is 0.165. The van der Waals surface area contributed by atoms with Crippen molar-refractivity contribution in [3.8, 4) is 5.75 Å². The lowest BCUT2D eigenvalue weighted by atomic mass is 10.1. The predicted molar refractivity (Wildman–Crippen MR) is 103 cm³/mol. The van der Waals surface area contributed by atoms with Crippen molar-refractivity contribution in [2.75, 3.05) is 26.0 Å². The zero-order valence-corrected chi connectivity index (χ0v) is 13.4. The molecular weight excluding hydrogens is 352 g/mol. The van der Waals surface area contributed by atoms with Crippen LogP contribution in [0.1, 0.15) is 85.8 Å². The summed E-state index contributed by atoms with van der Waals surface area (Å²) in [6.07, 6.45) is -14.1. The summed E-state index contributed by atoms with van der Waals surface area (Å²) in [5.74, 6) is -3.47. The lowest BCUT2D eigenvalue weighted by Crippen LogP contribution is -2.36. The molecule has 0 atom stereocenters. The molecule has 0 aliphatic carbocycles. The Kier molecular flexibility index (Phi) is 1.61. The van der Waals surface area contributed by atoms with Gasteiger partial charge < -0.3 is 15.3 Å². The summed E-state index contributed by atoms with van der Waals surface area (Å²) in [5.41, 5.74) is -5.64. The van der Waals surface area contributed by atoms with Crippen LogP contribution in [0.4, 0.5) is 0 Å². The molecule has 1 aliphatic heterocycles. The number of carbonyl (C=O) groups excluding carboxylic acids is 1. The van der Waals surface area contributed by atoms with Crippen LogP contribution in [0.3, 0.4) is 0 Å². The van der Waals surface area contributed by atoms with Gasteiger partial charge in [0, 0.05) is 39.9 Å².